The van der Waals surface area contributed by atoms with Crippen LogP contribution in [0.4, 0.5) is 5.13 Å². The minimum atomic E-state index is -0.0175. The summed E-state index contributed by atoms with van der Waals surface area (Å²) in [5, 5.41) is 20.1. The Bertz CT molecular complexity index is 468. The fraction of sp³-hybridized carbons (Fsp3) is 0.455. The van der Waals surface area contributed by atoms with E-state index in [4.69, 9.17) is 5.26 Å². The molecule has 0 saturated carbocycles. The lowest BCUT2D eigenvalue weighted by molar-refractivity contribution is -0.127. The number of hydrogen-bond donors (Lipinski definition) is 1. The average molecular weight is 297 g/mol. The summed E-state index contributed by atoms with van der Waals surface area (Å²) in [5.74, 6) is 0.286. The highest BCUT2D eigenvalue weighted by Crippen LogP contribution is 2.25. The summed E-state index contributed by atoms with van der Waals surface area (Å²) < 4.78 is 0.744. The van der Waals surface area contributed by atoms with E-state index in [0.717, 1.165) is 4.34 Å². The number of hydrogen-bond acceptors (Lipinski definition) is 7. The van der Waals surface area contributed by atoms with E-state index >= 15 is 0 Å². The van der Waals surface area contributed by atoms with Crippen molar-refractivity contribution >= 4 is 34.1 Å². The first-order valence-corrected chi connectivity index (χ1v) is 7.39. The molecular formula is C11H15N5OS2. The molecule has 0 aliphatic rings. The number of anilines is 1. The van der Waals surface area contributed by atoms with Crippen molar-refractivity contribution in [1.82, 2.24) is 15.1 Å². The number of nitrogens with one attached hydrogen (secondary N) is 1. The van der Waals surface area contributed by atoms with Gasteiger partial charge < -0.3 is 10.2 Å². The first-order chi connectivity index (χ1) is 9.17. The van der Waals surface area contributed by atoms with Gasteiger partial charge in [-0.3, -0.25) is 4.79 Å². The summed E-state index contributed by atoms with van der Waals surface area (Å²) in [7, 11) is 1.69. The second-order valence-corrected chi connectivity index (χ2v) is 5.75. The van der Waals surface area contributed by atoms with E-state index in [1.165, 1.54) is 23.1 Å². The van der Waals surface area contributed by atoms with Crippen molar-refractivity contribution in [2.75, 3.05) is 31.2 Å². The van der Waals surface area contributed by atoms with Crippen molar-refractivity contribution < 1.29 is 4.79 Å². The van der Waals surface area contributed by atoms with Crippen LogP contribution in [-0.2, 0) is 4.79 Å². The predicted molar refractivity (Wildman–Crippen MR) is 77.2 cm³/mol. The Morgan fingerprint density at radius 3 is 3.16 bits per heavy atom. The van der Waals surface area contributed by atoms with Gasteiger partial charge in [0, 0.05) is 20.1 Å². The lowest BCUT2D eigenvalue weighted by atomic mass is 10.4. The summed E-state index contributed by atoms with van der Waals surface area (Å²) >= 11 is 2.75. The number of carbonyl (C=O) groups is 1. The molecule has 19 heavy (non-hydrogen) atoms. The Labute approximate surface area is 120 Å². The Morgan fingerprint density at radius 1 is 1.68 bits per heavy atom. The van der Waals surface area contributed by atoms with Gasteiger partial charge >= 0.3 is 0 Å². The van der Waals surface area contributed by atoms with Gasteiger partial charge in [-0.05, 0) is 0 Å². The number of thioether (sulfide) groups is 1. The maximum atomic E-state index is 11.7. The van der Waals surface area contributed by atoms with Gasteiger partial charge in [0.25, 0.3) is 0 Å². The van der Waals surface area contributed by atoms with Crippen LogP contribution in [0.2, 0.25) is 0 Å². The third kappa shape index (κ3) is 5.72. The summed E-state index contributed by atoms with van der Waals surface area (Å²) in [4.78, 5) is 13.3. The fourth-order valence-corrected chi connectivity index (χ4v) is 2.77. The summed E-state index contributed by atoms with van der Waals surface area (Å²) in [5.41, 5.74) is 0. The molecule has 1 aromatic rings. The van der Waals surface area contributed by atoms with E-state index in [-0.39, 0.29) is 5.91 Å². The minimum absolute atomic E-state index is 0.0175. The van der Waals surface area contributed by atoms with Gasteiger partial charge in [0.05, 0.1) is 18.2 Å². The molecule has 0 saturated heterocycles. The van der Waals surface area contributed by atoms with Gasteiger partial charge in [0.15, 0.2) is 4.34 Å². The standard InChI is InChI=1S/C11H15N5OS2/c1-3-6-13-10-14-15-11(19-10)18-8-9(17)16(2)7-4-5-12/h3H,1,4,6-8H2,2H3,(H,13,14). The van der Waals surface area contributed by atoms with Crippen LogP contribution in [0, 0.1) is 11.3 Å². The zero-order valence-electron chi connectivity index (χ0n) is 10.6. The number of aromatic nitrogens is 2. The lowest BCUT2D eigenvalue weighted by Crippen LogP contribution is -2.29. The quantitative estimate of drug-likeness (QED) is 0.580. The molecule has 1 heterocycles. The summed E-state index contributed by atoms with van der Waals surface area (Å²) in [6, 6.07) is 2.01. The Kier molecular flexibility index (Phi) is 6.92. The molecule has 0 spiro atoms. The van der Waals surface area contributed by atoms with E-state index in [1.807, 2.05) is 6.07 Å². The fourth-order valence-electron chi connectivity index (χ4n) is 1.08. The van der Waals surface area contributed by atoms with Crippen LogP contribution >= 0.6 is 23.1 Å². The Balaban J connectivity index is 2.35. The molecule has 1 aromatic heterocycles. The number of rotatable bonds is 8. The molecule has 8 heteroatoms. The van der Waals surface area contributed by atoms with E-state index in [2.05, 4.69) is 22.1 Å². The number of carbonyl (C=O) groups excluding carboxylic acids is 1. The van der Waals surface area contributed by atoms with Gasteiger partial charge in [0.2, 0.25) is 11.0 Å². The molecule has 0 radical (unpaired) electrons. The van der Waals surface area contributed by atoms with Crippen LogP contribution < -0.4 is 5.32 Å². The molecule has 1 amide bonds. The highest BCUT2D eigenvalue weighted by molar-refractivity contribution is 8.01. The topological polar surface area (TPSA) is 81.9 Å². The van der Waals surface area contributed by atoms with Gasteiger partial charge in [-0.15, -0.1) is 16.8 Å². The van der Waals surface area contributed by atoms with Gasteiger partial charge in [-0.1, -0.05) is 29.2 Å². The highest BCUT2D eigenvalue weighted by atomic mass is 32.2. The van der Waals surface area contributed by atoms with Crippen LogP contribution in [0.3, 0.4) is 0 Å². The predicted octanol–water partition coefficient (Wildman–Crippen LogP) is 1.60. The lowest BCUT2D eigenvalue weighted by Gasteiger charge is -2.14. The molecule has 102 valence electrons. The van der Waals surface area contributed by atoms with Crippen molar-refractivity contribution in [3.8, 4) is 6.07 Å². The highest BCUT2D eigenvalue weighted by Gasteiger charge is 2.11. The maximum absolute atomic E-state index is 11.7. The van der Waals surface area contributed by atoms with Crippen LogP contribution in [-0.4, -0.2) is 46.9 Å². The summed E-state index contributed by atoms with van der Waals surface area (Å²) in [6.07, 6.45) is 2.09. The maximum Gasteiger partial charge on any atom is 0.232 e. The molecule has 6 nitrogen and oxygen atoms in total. The zero-order valence-corrected chi connectivity index (χ0v) is 12.3. The van der Waals surface area contributed by atoms with Crippen LogP contribution in [0.1, 0.15) is 6.42 Å². The van der Waals surface area contributed by atoms with Crippen LogP contribution in [0.5, 0.6) is 0 Å². The largest absolute Gasteiger partial charge is 0.357 e. The van der Waals surface area contributed by atoms with Gasteiger partial charge in [-0.25, -0.2) is 0 Å². The second kappa shape index (κ2) is 8.50. The third-order valence-electron chi connectivity index (χ3n) is 2.11. The van der Waals surface area contributed by atoms with Crippen molar-refractivity contribution in [2.45, 2.75) is 10.8 Å². The SMILES string of the molecule is C=CCNc1nnc(SCC(=O)N(C)CCC#N)s1. The van der Waals surface area contributed by atoms with Crippen LogP contribution in [0.15, 0.2) is 17.0 Å². The molecular weight excluding hydrogens is 282 g/mol. The first-order valence-electron chi connectivity index (χ1n) is 5.59. The molecule has 0 aromatic carbocycles. The monoisotopic (exact) mass is 297 g/mol. The number of amides is 1. The van der Waals surface area contributed by atoms with Crippen molar-refractivity contribution in [3.63, 3.8) is 0 Å². The third-order valence-corrected chi connectivity index (χ3v) is 4.11. The van der Waals surface area contributed by atoms with E-state index in [9.17, 15) is 4.79 Å². The van der Waals surface area contributed by atoms with Gasteiger partial charge in [-0.2, -0.15) is 5.26 Å². The first kappa shape index (κ1) is 15.5. The van der Waals surface area contributed by atoms with Crippen molar-refractivity contribution in [3.05, 3.63) is 12.7 Å². The summed E-state index contributed by atoms with van der Waals surface area (Å²) in [6.45, 7) is 4.69. The van der Waals surface area contributed by atoms with Crippen LogP contribution in [0.25, 0.3) is 0 Å². The van der Waals surface area contributed by atoms with Crippen molar-refractivity contribution in [2.24, 2.45) is 0 Å². The minimum Gasteiger partial charge on any atom is -0.357 e. The average Bonchev–Trinajstić information content (AvgIpc) is 2.87. The van der Waals surface area contributed by atoms with E-state index in [1.54, 1.807) is 18.0 Å². The Morgan fingerprint density at radius 2 is 2.47 bits per heavy atom. The molecule has 0 aliphatic heterocycles. The second-order valence-electron chi connectivity index (χ2n) is 3.55. The molecule has 1 N–H and O–H groups in total. The smallest absolute Gasteiger partial charge is 0.232 e. The van der Waals surface area contributed by atoms with E-state index in [0.29, 0.717) is 30.4 Å². The Hall–Kier alpha value is -1.59. The molecule has 0 aliphatic carbocycles. The zero-order chi connectivity index (χ0) is 14.1. The molecule has 0 bridgehead atoms. The molecule has 0 fully saturated rings. The normalized spacial score (nSPS) is 9.68. The van der Waals surface area contributed by atoms with Gasteiger partial charge in [0.1, 0.15) is 0 Å². The molecule has 0 unspecified atom stereocenters. The number of nitrogens with zero attached hydrogens (tertiary/aromatic N) is 4. The molecule has 1 rings (SSSR count). The van der Waals surface area contributed by atoms with E-state index < -0.39 is 0 Å². The number of nitriles is 1. The molecule has 0 atom stereocenters. The van der Waals surface area contributed by atoms with Crippen molar-refractivity contribution in [1.29, 1.82) is 5.26 Å².